The number of rotatable bonds is 4. The molecule has 6 nitrogen and oxygen atoms in total. The molecule has 27 heavy (non-hydrogen) atoms. The summed E-state index contributed by atoms with van der Waals surface area (Å²) in [6.45, 7) is 4.01. The molecule has 0 aromatic carbocycles. The van der Waals surface area contributed by atoms with E-state index in [9.17, 15) is 4.79 Å². The monoisotopic (exact) mass is 430 g/mol. The first kappa shape index (κ1) is 18.2. The Morgan fingerprint density at radius 2 is 1.93 bits per heavy atom. The molecule has 2 aromatic rings. The molecule has 1 saturated carbocycles. The van der Waals surface area contributed by atoms with Gasteiger partial charge in [0.05, 0.1) is 19.0 Å². The van der Waals surface area contributed by atoms with Crippen LogP contribution >= 0.6 is 15.9 Å². The SMILES string of the molecule is COc1ccc(NC(=O)C2(C)C[C@H]3CN(c4ccc(Br)cn4)C[C@H]3C2)cn1. The van der Waals surface area contributed by atoms with Crippen LogP contribution in [0, 0.1) is 17.3 Å². The molecule has 1 aliphatic carbocycles. The fraction of sp³-hybridized carbons (Fsp3) is 0.450. The first-order valence-electron chi connectivity index (χ1n) is 9.15. The van der Waals surface area contributed by atoms with Crippen molar-refractivity contribution in [1.29, 1.82) is 0 Å². The molecule has 2 aromatic heterocycles. The quantitative estimate of drug-likeness (QED) is 0.799. The molecule has 0 radical (unpaired) electrons. The number of anilines is 2. The second-order valence-electron chi connectivity index (χ2n) is 7.77. The number of halogens is 1. The van der Waals surface area contributed by atoms with E-state index in [0.717, 1.165) is 36.2 Å². The highest BCUT2D eigenvalue weighted by molar-refractivity contribution is 9.10. The van der Waals surface area contributed by atoms with Gasteiger partial charge in [-0.15, -0.1) is 0 Å². The third-order valence-corrected chi connectivity index (χ3v) is 6.26. The lowest BCUT2D eigenvalue weighted by atomic mass is 9.85. The van der Waals surface area contributed by atoms with Gasteiger partial charge in [0.2, 0.25) is 11.8 Å². The Morgan fingerprint density at radius 3 is 2.48 bits per heavy atom. The van der Waals surface area contributed by atoms with Crippen molar-refractivity contribution < 1.29 is 9.53 Å². The zero-order valence-electron chi connectivity index (χ0n) is 15.5. The van der Waals surface area contributed by atoms with Gasteiger partial charge in [-0.1, -0.05) is 6.92 Å². The molecule has 3 heterocycles. The molecule has 2 aliphatic rings. The summed E-state index contributed by atoms with van der Waals surface area (Å²) in [7, 11) is 1.58. The van der Waals surface area contributed by atoms with Gasteiger partial charge >= 0.3 is 0 Å². The van der Waals surface area contributed by atoms with E-state index in [2.05, 4.69) is 43.0 Å². The summed E-state index contributed by atoms with van der Waals surface area (Å²) in [4.78, 5) is 23.9. The van der Waals surface area contributed by atoms with E-state index in [4.69, 9.17) is 4.74 Å². The predicted octanol–water partition coefficient (Wildman–Crippen LogP) is 3.74. The lowest BCUT2D eigenvalue weighted by Gasteiger charge is -2.26. The number of fused-ring (bicyclic) bond motifs is 1. The van der Waals surface area contributed by atoms with Crippen molar-refractivity contribution in [1.82, 2.24) is 9.97 Å². The second-order valence-corrected chi connectivity index (χ2v) is 8.69. The molecule has 7 heteroatoms. The van der Waals surface area contributed by atoms with Crippen LogP contribution in [0.25, 0.3) is 0 Å². The Labute approximate surface area is 167 Å². The summed E-state index contributed by atoms with van der Waals surface area (Å²) in [5, 5.41) is 3.03. The highest BCUT2D eigenvalue weighted by Gasteiger charge is 2.50. The molecule has 2 fully saturated rings. The number of ether oxygens (including phenoxy) is 1. The summed E-state index contributed by atoms with van der Waals surface area (Å²) in [6.07, 6.45) is 5.28. The fourth-order valence-electron chi connectivity index (χ4n) is 4.43. The Bertz CT molecular complexity index is 811. The molecule has 4 rings (SSSR count). The van der Waals surface area contributed by atoms with Crippen molar-refractivity contribution in [2.45, 2.75) is 19.8 Å². The van der Waals surface area contributed by atoms with Gasteiger partial charge in [-0.3, -0.25) is 4.79 Å². The molecule has 3 atom stereocenters. The number of methoxy groups -OCH3 is 1. The molecule has 142 valence electrons. The number of carbonyl (C=O) groups is 1. The van der Waals surface area contributed by atoms with Crippen LogP contribution in [0.5, 0.6) is 5.88 Å². The van der Waals surface area contributed by atoms with Crippen molar-refractivity contribution in [3.05, 3.63) is 41.1 Å². The maximum absolute atomic E-state index is 12.9. The van der Waals surface area contributed by atoms with Crippen molar-refractivity contribution in [2.24, 2.45) is 17.3 Å². The third kappa shape index (κ3) is 3.65. The van der Waals surface area contributed by atoms with E-state index in [-0.39, 0.29) is 11.3 Å². The molecule has 0 spiro atoms. The van der Waals surface area contributed by atoms with Crippen molar-refractivity contribution in [2.75, 3.05) is 30.4 Å². The van der Waals surface area contributed by atoms with Gasteiger partial charge in [-0.2, -0.15) is 0 Å². The minimum atomic E-state index is -0.339. The number of nitrogens with zero attached hydrogens (tertiary/aromatic N) is 3. The molecular formula is C20H23BrN4O2. The topological polar surface area (TPSA) is 67.3 Å². The molecule has 1 saturated heterocycles. The van der Waals surface area contributed by atoms with Crippen LogP contribution in [0.2, 0.25) is 0 Å². The lowest BCUT2D eigenvalue weighted by Crippen LogP contribution is -2.34. The Kier molecular flexibility index (Phi) is 4.80. The number of nitrogens with one attached hydrogen (secondary N) is 1. The van der Waals surface area contributed by atoms with Gasteiger partial charge in [0.25, 0.3) is 0 Å². The first-order chi connectivity index (χ1) is 13.0. The molecule has 0 bridgehead atoms. The normalized spacial score (nSPS) is 26.7. The average molecular weight is 431 g/mol. The van der Waals surface area contributed by atoms with E-state index in [1.165, 1.54) is 0 Å². The molecule has 1 amide bonds. The Morgan fingerprint density at radius 1 is 1.19 bits per heavy atom. The first-order valence-corrected chi connectivity index (χ1v) is 9.94. The van der Waals surface area contributed by atoms with Crippen LogP contribution in [-0.4, -0.2) is 36.1 Å². The smallest absolute Gasteiger partial charge is 0.230 e. The van der Waals surface area contributed by atoms with Crippen LogP contribution in [-0.2, 0) is 4.79 Å². The van der Waals surface area contributed by atoms with Crippen molar-refractivity contribution in [3.63, 3.8) is 0 Å². The van der Waals surface area contributed by atoms with Gasteiger partial charge in [0.1, 0.15) is 5.82 Å². The summed E-state index contributed by atoms with van der Waals surface area (Å²) < 4.78 is 6.05. The predicted molar refractivity (Wildman–Crippen MR) is 108 cm³/mol. The summed E-state index contributed by atoms with van der Waals surface area (Å²) in [5.74, 6) is 2.69. The molecular weight excluding hydrogens is 408 g/mol. The van der Waals surface area contributed by atoms with E-state index in [1.807, 2.05) is 24.4 Å². The van der Waals surface area contributed by atoms with Crippen LogP contribution in [0.15, 0.2) is 41.1 Å². The van der Waals surface area contributed by atoms with Crippen molar-refractivity contribution in [3.8, 4) is 5.88 Å². The highest BCUT2D eigenvalue weighted by Crippen LogP contribution is 2.49. The molecule has 1 aliphatic heterocycles. The highest BCUT2D eigenvalue weighted by atomic mass is 79.9. The lowest BCUT2D eigenvalue weighted by molar-refractivity contribution is -0.124. The maximum Gasteiger partial charge on any atom is 0.230 e. The van der Waals surface area contributed by atoms with Gasteiger partial charge in [0.15, 0.2) is 0 Å². The average Bonchev–Trinajstić information content (AvgIpc) is 3.19. The third-order valence-electron chi connectivity index (χ3n) is 5.79. The minimum Gasteiger partial charge on any atom is -0.481 e. The fourth-order valence-corrected chi connectivity index (χ4v) is 4.66. The van der Waals surface area contributed by atoms with E-state index < -0.39 is 0 Å². The van der Waals surface area contributed by atoms with Crippen molar-refractivity contribution >= 4 is 33.3 Å². The zero-order chi connectivity index (χ0) is 19.0. The molecule has 1 unspecified atom stereocenters. The number of hydrogen-bond donors (Lipinski definition) is 1. The van der Waals surface area contributed by atoms with Gasteiger partial charge < -0.3 is 15.0 Å². The van der Waals surface area contributed by atoms with Crippen LogP contribution in [0.1, 0.15) is 19.8 Å². The van der Waals surface area contributed by atoms with Crippen LogP contribution in [0.3, 0.4) is 0 Å². The summed E-state index contributed by atoms with van der Waals surface area (Å²) in [6, 6.07) is 7.65. The van der Waals surface area contributed by atoms with E-state index >= 15 is 0 Å². The summed E-state index contributed by atoms with van der Waals surface area (Å²) >= 11 is 3.43. The minimum absolute atomic E-state index is 0.0807. The van der Waals surface area contributed by atoms with Gasteiger partial charge in [-0.25, -0.2) is 9.97 Å². The standard InChI is InChI=1S/C20H23BrN4O2/c1-20(19(26)24-16-4-6-18(27-2)23-10-16)7-13-11-25(12-14(13)8-20)17-5-3-15(21)9-22-17/h3-6,9-10,13-14H,7-8,11-12H2,1-2H3,(H,24,26)/t13-,14+,20?. The maximum atomic E-state index is 12.9. The second kappa shape index (κ2) is 7.11. The Hall–Kier alpha value is -2.15. The number of carbonyl (C=O) groups excluding carboxylic acids is 1. The molecule has 1 N–H and O–H groups in total. The zero-order valence-corrected chi connectivity index (χ0v) is 17.1. The van der Waals surface area contributed by atoms with Gasteiger partial charge in [-0.05, 0) is 58.8 Å². The number of hydrogen-bond acceptors (Lipinski definition) is 5. The Balaban J connectivity index is 1.39. The van der Waals surface area contributed by atoms with Crippen LogP contribution in [0.4, 0.5) is 11.5 Å². The largest absolute Gasteiger partial charge is 0.481 e. The number of aromatic nitrogens is 2. The van der Waals surface area contributed by atoms with E-state index in [1.54, 1.807) is 19.4 Å². The van der Waals surface area contributed by atoms with E-state index in [0.29, 0.717) is 23.4 Å². The summed E-state index contributed by atoms with van der Waals surface area (Å²) in [5.41, 5.74) is 0.369. The number of amides is 1. The van der Waals surface area contributed by atoms with Gasteiger partial charge in [0, 0.05) is 35.2 Å². The number of pyridine rings is 2. The van der Waals surface area contributed by atoms with Crippen LogP contribution < -0.4 is 15.0 Å².